The number of rotatable bonds is 3. The Hall–Kier alpha value is -2.35. The minimum absolute atomic E-state index is 0.0237. The van der Waals surface area contributed by atoms with Gasteiger partial charge in [-0.1, -0.05) is 11.2 Å². The number of aromatic nitrogens is 2. The summed E-state index contributed by atoms with van der Waals surface area (Å²) in [7, 11) is 0. The highest BCUT2D eigenvalue weighted by molar-refractivity contribution is 5.80. The van der Waals surface area contributed by atoms with Crippen molar-refractivity contribution >= 4 is 5.91 Å². The van der Waals surface area contributed by atoms with Crippen LogP contribution in [0.2, 0.25) is 0 Å². The van der Waals surface area contributed by atoms with E-state index in [9.17, 15) is 13.6 Å². The zero-order valence-electron chi connectivity index (χ0n) is 12.1. The van der Waals surface area contributed by atoms with Gasteiger partial charge in [-0.05, 0) is 25.1 Å². The summed E-state index contributed by atoms with van der Waals surface area (Å²) in [5.41, 5.74) is -0.348. The van der Waals surface area contributed by atoms with Gasteiger partial charge >= 0.3 is 0 Å². The van der Waals surface area contributed by atoms with Gasteiger partial charge in [0.05, 0.1) is 6.54 Å². The number of nitrogens with zero attached hydrogens (tertiary/aromatic N) is 3. The van der Waals surface area contributed by atoms with Crippen molar-refractivity contribution in [3.05, 3.63) is 35.7 Å². The van der Waals surface area contributed by atoms with Crippen molar-refractivity contribution in [3.8, 4) is 11.5 Å². The molecular weight excluding hydrogens is 306 g/mol. The van der Waals surface area contributed by atoms with Gasteiger partial charge < -0.3 is 14.7 Å². The largest absolute Gasteiger partial charge is 0.334 e. The molecule has 1 N–H and O–H groups in total. The standard InChI is InChI=1S/C15H14F2N4O2/c16-8-2-1-3-9(17)14(8)15-19-12(20-23-15)7-21-11-4-5-18-10(11)6-13(21)22/h1-3,10-11,18H,4-7H2/t10-,11-/m1/s1. The van der Waals surface area contributed by atoms with E-state index < -0.39 is 11.6 Å². The summed E-state index contributed by atoms with van der Waals surface area (Å²) in [6.45, 7) is 1.05. The maximum atomic E-state index is 13.7. The first-order valence-corrected chi connectivity index (χ1v) is 7.43. The molecule has 3 heterocycles. The number of amides is 1. The van der Waals surface area contributed by atoms with Gasteiger partial charge in [0.1, 0.15) is 17.2 Å². The lowest BCUT2D eigenvalue weighted by Crippen LogP contribution is -2.35. The molecule has 0 radical (unpaired) electrons. The second-order valence-corrected chi connectivity index (χ2v) is 5.75. The highest BCUT2D eigenvalue weighted by atomic mass is 19.1. The average Bonchev–Trinajstić information content (AvgIpc) is 3.19. The molecule has 0 aliphatic carbocycles. The van der Waals surface area contributed by atoms with Gasteiger partial charge in [-0.2, -0.15) is 4.98 Å². The van der Waals surface area contributed by atoms with Gasteiger partial charge in [0.25, 0.3) is 5.89 Å². The van der Waals surface area contributed by atoms with Crippen LogP contribution in [0.1, 0.15) is 18.7 Å². The molecule has 23 heavy (non-hydrogen) atoms. The molecule has 2 aliphatic heterocycles. The Morgan fingerprint density at radius 3 is 2.91 bits per heavy atom. The Balaban J connectivity index is 1.58. The van der Waals surface area contributed by atoms with E-state index in [-0.39, 0.29) is 41.8 Å². The van der Waals surface area contributed by atoms with Crippen molar-refractivity contribution in [2.45, 2.75) is 31.5 Å². The van der Waals surface area contributed by atoms with Gasteiger partial charge in [-0.25, -0.2) is 8.78 Å². The third kappa shape index (κ3) is 2.39. The van der Waals surface area contributed by atoms with E-state index in [0.717, 1.165) is 25.1 Å². The van der Waals surface area contributed by atoms with Gasteiger partial charge in [0, 0.05) is 18.5 Å². The number of carbonyl (C=O) groups excluding carboxylic acids is 1. The summed E-state index contributed by atoms with van der Waals surface area (Å²) >= 11 is 0. The fourth-order valence-corrected chi connectivity index (χ4v) is 3.31. The molecule has 0 bridgehead atoms. The molecule has 8 heteroatoms. The lowest BCUT2D eigenvalue weighted by atomic mass is 10.1. The smallest absolute Gasteiger partial charge is 0.263 e. The SMILES string of the molecule is O=C1C[C@H]2NCC[C@H]2N1Cc1noc(-c2c(F)cccc2F)n1. The summed E-state index contributed by atoms with van der Waals surface area (Å²) < 4.78 is 32.5. The first kappa shape index (κ1) is 14.3. The van der Waals surface area contributed by atoms with Crippen molar-refractivity contribution in [1.82, 2.24) is 20.4 Å². The topological polar surface area (TPSA) is 71.3 Å². The van der Waals surface area contributed by atoms with Gasteiger partial charge in [0.15, 0.2) is 5.82 Å². The van der Waals surface area contributed by atoms with Crippen LogP contribution in [0.5, 0.6) is 0 Å². The Kier molecular flexibility index (Phi) is 3.33. The molecule has 2 fully saturated rings. The number of fused-ring (bicyclic) bond motifs is 1. The zero-order valence-corrected chi connectivity index (χ0v) is 12.1. The van der Waals surface area contributed by atoms with Crippen LogP contribution in [0.15, 0.2) is 22.7 Å². The number of nitrogens with one attached hydrogen (secondary N) is 1. The minimum atomic E-state index is -0.766. The van der Waals surface area contributed by atoms with E-state index in [0.29, 0.717) is 6.42 Å². The Bertz CT molecular complexity index is 743. The molecule has 1 aromatic carbocycles. The Labute approximate surface area is 130 Å². The first-order valence-electron chi connectivity index (χ1n) is 7.43. The summed E-state index contributed by atoms with van der Waals surface area (Å²) in [5.74, 6) is -1.49. The van der Waals surface area contributed by atoms with Gasteiger partial charge in [-0.15, -0.1) is 0 Å². The monoisotopic (exact) mass is 320 g/mol. The van der Waals surface area contributed by atoms with Crippen molar-refractivity contribution in [3.63, 3.8) is 0 Å². The number of benzene rings is 1. The first-order chi connectivity index (χ1) is 11.1. The van der Waals surface area contributed by atoms with E-state index >= 15 is 0 Å². The molecular formula is C15H14F2N4O2. The van der Waals surface area contributed by atoms with E-state index in [4.69, 9.17) is 4.52 Å². The number of likely N-dealkylation sites (tertiary alicyclic amines) is 1. The number of hydrogen-bond donors (Lipinski definition) is 1. The molecule has 0 saturated carbocycles. The van der Waals surface area contributed by atoms with Crippen LogP contribution in [0.3, 0.4) is 0 Å². The second-order valence-electron chi connectivity index (χ2n) is 5.75. The predicted octanol–water partition coefficient (Wildman–Crippen LogP) is 1.48. The second kappa shape index (κ2) is 5.38. The summed E-state index contributed by atoms with van der Waals surface area (Å²) in [6.07, 6.45) is 1.33. The molecule has 2 aromatic rings. The third-order valence-electron chi connectivity index (χ3n) is 4.38. The summed E-state index contributed by atoms with van der Waals surface area (Å²) in [5, 5.41) is 7.04. The van der Waals surface area contributed by atoms with Crippen LogP contribution in [0.4, 0.5) is 8.78 Å². The predicted molar refractivity (Wildman–Crippen MR) is 75.0 cm³/mol. The van der Waals surface area contributed by atoms with E-state index in [2.05, 4.69) is 15.5 Å². The quantitative estimate of drug-likeness (QED) is 0.927. The van der Waals surface area contributed by atoms with Crippen LogP contribution >= 0.6 is 0 Å². The van der Waals surface area contributed by atoms with Crippen molar-refractivity contribution in [2.75, 3.05) is 6.54 Å². The zero-order chi connectivity index (χ0) is 16.0. The average molecular weight is 320 g/mol. The fraction of sp³-hybridized carbons (Fsp3) is 0.400. The highest BCUT2D eigenvalue weighted by Gasteiger charge is 2.42. The maximum absolute atomic E-state index is 13.7. The molecule has 0 spiro atoms. The van der Waals surface area contributed by atoms with Crippen molar-refractivity contribution < 1.29 is 18.1 Å². The molecule has 2 atom stereocenters. The lowest BCUT2D eigenvalue weighted by Gasteiger charge is -2.21. The molecule has 1 aromatic heterocycles. The van der Waals surface area contributed by atoms with E-state index in [1.54, 1.807) is 4.90 Å². The normalized spacial score (nSPS) is 23.6. The molecule has 4 rings (SSSR count). The molecule has 2 saturated heterocycles. The highest BCUT2D eigenvalue weighted by Crippen LogP contribution is 2.28. The van der Waals surface area contributed by atoms with Gasteiger partial charge in [-0.3, -0.25) is 4.79 Å². The van der Waals surface area contributed by atoms with Crippen LogP contribution in [-0.2, 0) is 11.3 Å². The summed E-state index contributed by atoms with van der Waals surface area (Å²) in [6, 6.07) is 3.80. The van der Waals surface area contributed by atoms with Crippen LogP contribution < -0.4 is 5.32 Å². The molecule has 120 valence electrons. The van der Waals surface area contributed by atoms with Crippen LogP contribution in [0, 0.1) is 11.6 Å². The fourth-order valence-electron chi connectivity index (χ4n) is 3.31. The minimum Gasteiger partial charge on any atom is -0.334 e. The summed E-state index contributed by atoms with van der Waals surface area (Å²) in [4.78, 5) is 17.8. The molecule has 1 amide bonds. The number of halogens is 2. The number of hydrogen-bond acceptors (Lipinski definition) is 5. The van der Waals surface area contributed by atoms with Crippen molar-refractivity contribution in [1.29, 1.82) is 0 Å². The lowest BCUT2D eigenvalue weighted by molar-refractivity contribution is -0.129. The Morgan fingerprint density at radius 1 is 1.35 bits per heavy atom. The van der Waals surface area contributed by atoms with E-state index in [1.165, 1.54) is 6.07 Å². The van der Waals surface area contributed by atoms with Gasteiger partial charge in [0.2, 0.25) is 5.91 Å². The number of carbonyl (C=O) groups is 1. The molecule has 0 unspecified atom stereocenters. The molecule has 2 aliphatic rings. The molecule has 6 nitrogen and oxygen atoms in total. The maximum Gasteiger partial charge on any atom is 0.263 e. The van der Waals surface area contributed by atoms with E-state index in [1.807, 2.05) is 0 Å². The van der Waals surface area contributed by atoms with Crippen LogP contribution in [-0.4, -0.2) is 39.6 Å². The van der Waals surface area contributed by atoms with Crippen molar-refractivity contribution in [2.24, 2.45) is 0 Å². The van der Waals surface area contributed by atoms with Crippen LogP contribution in [0.25, 0.3) is 11.5 Å². The third-order valence-corrected chi connectivity index (χ3v) is 4.38. The Morgan fingerprint density at radius 2 is 2.13 bits per heavy atom.